The molecule has 0 radical (unpaired) electrons. The first-order valence-electron chi connectivity index (χ1n) is 3.38. The molecule has 0 atom stereocenters. The maximum atomic E-state index is 11.2. The SMILES string of the molecule is C#CCn1cncc(C(=O)O)c1=O. The Morgan fingerprint density at radius 1 is 1.77 bits per heavy atom. The van der Waals surface area contributed by atoms with E-state index in [4.69, 9.17) is 11.5 Å². The predicted octanol–water partition coefficient (Wildman–Crippen LogP) is -0.425. The van der Waals surface area contributed by atoms with Crippen molar-refractivity contribution in [3.63, 3.8) is 0 Å². The van der Waals surface area contributed by atoms with Gasteiger partial charge in [-0.15, -0.1) is 6.42 Å². The summed E-state index contributed by atoms with van der Waals surface area (Å²) >= 11 is 0. The Bertz CT molecular complexity index is 428. The highest BCUT2D eigenvalue weighted by atomic mass is 16.4. The smallest absolute Gasteiger partial charge is 0.342 e. The molecule has 1 rings (SSSR count). The van der Waals surface area contributed by atoms with Crippen molar-refractivity contribution < 1.29 is 9.90 Å². The van der Waals surface area contributed by atoms with Crippen LogP contribution in [0.2, 0.25) is 0 Å². The molecule has 0 aliphatic heterocycles. The van der Waals surface area contributed by atoms with E-state index >= 15 is 0 Å². The fourth-order valence-corrected chi connectivity index (χ4v) is 0.808. The second kappa shape index (κ2) is 3.54. The van der Waals surface area contributed by atoms with Crippen LogP contribution in [0.25, 0.3) is 0 Å². The number of hydrogen-bond acceptors (Lipinski definition) is 3. The molecule has 66 valence electrons. The number of carboxylic acid groups (broad SMARTS) is 1. The Hall–Kier alpha value is -2.09. The Balaban J connectivity index is 3.29. The monoisotopic (exact) mass is 178 g/mol. The first-order valence-corrected chi connectivity index (χ1v) is 3.38. The highest BCUT2D eigenvalue weighted by molar-refractivity contribution is 5.86. The van der Waals surface area contributed by atoms with Crippen molar-refractivity contribution in [2.24, 2.45) is 0 Å². The van der Waals surface area contributed by atoms with Crippen molar-refractivity contribution in [1.29, 1.82) is 0 Å². The van der Waals surface area contributed by atoms with Gasteiger partial charge in [0.05, 0.1) is 12.9 Å². The molecule has 1 heterocycles. The van der Waals surface area contributed by atoms with Crippen LogP contribution < -0.4 is 5.56 Å². The zero-order chi connectivity index (χ0) is 9.84. The van der Waals surface area contributed by atoms with Crippen LogP contribution in [0.1, 0.15) is 10.4 Å². The number of carboxylic acids is 1. The molecule has 5 heteroatoms. The molecule has 1 N–H and O–H groups in total. The average molecular weight is 178 g/mol. The van der Waals surface area contributed by atoms with Crippen LogP contribution in [0.4, 0.5) is 0 Å². The van der Waals surface area contributed by atoms with Crippen LogP contribution in [-0.4, -0.2) is 20.6 Å². The molecule has 0 amide bonds. The fourth-order valence-electron chi connectivity index (χ4n) is 0.808. The first-order chi connectivity index (χ1) is 6.16. The Kier molecular flexibility index (Phi) is 2.45. The molecule has 1 aromatic rings. The third-order valence-electron chi connectivity index (χ3n) is 1.39. The van der Waals surface area contributed by atoms with Gasteiger partial charge in [-0.1, -0.05) is 5.92 Å². The molecule has 1 aromatic heterocycles. The number of aromatic nitrogens is 2. The molecule has 0 aliphatic carbocycles. The second-order valence-corrected chi connectivity index (χ2v) is 2.25. The summed E-state index contributed by atoms with van der Waals surface area (Å²) in [6.07, 6.45) is 7.17. The third-order valence-corrected chi connectivity index (χ3v) is 1.39. The minimum Gasteiger partial charge on any atom is -0.477 e. The Labute approximate surface area is 73.7 Å². The average Bonchev–Trinajstić information content (AvgIpc) is 2.08. The summed E-state index contributed by atoms with van der Waals surface area (Å²) in [6, 6.07) is 0. The molecule has 0 saturated heterocycles. The van der Waals surface area contributed by atoms with E-state index in [1.165, 1.54) is 6.33 Å². The van der Waals surface area contributed by atoms with Crippen molar-refractivity contribution in [2.45, 2.75) is 6.54 Å². The van der Waals surface area contributed by atoms with E-state index in [0.717, 1.165) is 10.8 Å². The van der Waals surface area contributed by atoms with Crippen LogP contribution in [0.3, 0.4) is 0 Å². The maximum Gasteiger partial charge on any atom is 0.342 e. The number of nitrogens with zero attached hydrogens (tertiary/aromatic N) is 2. The largest absolute Gasteiger partial charge is 0.477 e. The Morgan fingerprint density at radius 3 is 3.00 bits per heavy atom. The summed E-state index contributed by atoms with van der Waals surface area (Å²) < 4.78 is 1.06. The van der Waals surface area contributed by atoms with Gasteiger partial charge >= 0.3 is 5.97 Å². The highest BCUT2D eigenvalue weighted by Crippen LogP contribution is 1.87. The van der Waals surface area contributed by atoms with Crippen molar-refractivity contribution >= 4 is 5.97 Å². The van der Waals surface area contributed by atoms with Gasteiger partial charge in [0.1, 0.15) is 5.56 Å². The summed E-state index contributed by atoms with van der Waals surface area (Å²) in [5, 5.41) is 8.55. The lowest BCUT2D eigenvalue weighted by atomic mass is 10.3. The van der Waals surface area contributed by atoms with Gasteiger partial charge in [0.15, 0.2) is 0 Å². The molecule has 0 spiro atoms. The molecule has 0 unspecified atom stereocenters. The summed E-state index contributed by atoms with van der Waals surface area (Å²) in [5.74, 6) is 0.919. The standard InChI is InChI=1S/C8H6N2O3/c1-2-3-10-5-9-4-6(7(10)11)8(12)13/h1,4-5H,3H2,(H,12,13). The first kappa shape index (κ1) is 9.00. The van der Waals surface area contributed by atoms with Crippen LogP contribution in [-0.2, 0) is 6.54 Å². The third kappa shape index (κ3) is 1.73. The lowest BCUT2D eigenvalue weighted by Crippen LogP contribution is -2.26. The van der Waals surface area contributed by atoms with Crippen molar-refractivity contribution in [2.75, 3.05) is 0 Å². The van der Waals surface area contributed by atoms with E-state index in [-0.39, 0.29) is 12.1 Å². The van der Waals surface area contributed by atoms with Gasteiger partial charge in [-0.3, -0.25) is 9.36 Å². The molecule has 0 fully saturated rings. The zero-order valence-corrected chi connectivity index (χ0v) is 6.60. The number of terminal acetylenes is 1. The molecule has 0 bridgehead atoms. The minimum atomic E-state index is -1.30. The van der Waals surface area contributed by atoms with Crippen LogP contribution in [0.15, 0.2) is 17.3 Å². The van der Waals surface area contributed by atoms with E-state index in [1.807, 2.05) is 0 Å². The molecular formula is C8H6N2O3. The van der Waals surface area contributed by atoms with Gasteiger partial charge in [-0.2, -0.15) is 0 Å². The van der Waals surface area contributed by atoms with Crippen molar-refractivity contribution in [3.8, 4) is 12.3 Å². The predicted molar refractivity (Wildman–Crippen MR) is 44.3 cm³/mol. The molecule has 13 heavy (non-hydrogen) atoms. The summed E-state index contributed by atoms with van der Waals surface area (Å²) in [7, 11) is 0. The quantitative estimate of drug-likeness (QED) is 0.624. The van der Waals surface area contributed by atoms with Crippen molar-refractivity contribution in [1.82, 2.24) is 9.55 Å². The van der Waals surface area contributed by atoms with Crippen LogP contribution in [0.5, 0.6) is 0 Å². The molecule has 0 aliphatic rings. The van der Waals surface area contributed by atoms with Crippen LogP contribution in [0, 0.1) is 12.3 Å². The molecule has 5 nitrogen and oxygen atoms in total. The van der Waals surface area contributed by atoms with E-state index in [1.54, 1.807) is 0 Å². The second-order valence-electron chi connectivity index (χ2n) is 2.25. The highest BCUT2D eigenvalue weighted by Gasteiger charge is 2.09. The normalized spacial score (nSPS) is 9.15. The number of hydrogen-bond donors (Lipinski definition) is 1. The van der Waals surface area contributed by atoms with Gasteiger partial charge < -0.3 is 5.11 Å². The lowest BCUT2D eigenvalue weighted by Gasteiger charge is -1.99. The molecular weight excluding hydrogens is 172 g/mol. The van der Waals surface area contributed by atoms with Gasteiger partial charge in [-0.05, 0) is 0 Å². The summed E-state index contributed by atoms with van der Waals surface area (Å²) in [5.41, 5.74) is -1.02. The van der Waals surface area contributed by atoms with Gasteiger partial charge in [0.25, 0.3) is 5.56 Å². The molecule has 0 aromatic carbocycles. The van der Waals surface area contributed by atoms with Gasteiger partial charge in [-0.25, -0.2) is 9.78 Å². The van der Waals surface area contributed by atoms with Crippen LogP contribution >= 0.6 is 0 Å². The summed E-state index contributed by atoms with van der Waals surface area (Å²) in [6.45, 7) is 0.0208. The zero-order valence-electron chi connectivity index (χ0n) is 6.60. The number of carbonyl (C=O) groups is 1. The molecule has 0 saturated carbocycles. The van der Waals surface area contributed by atoms with E-state index in [0.29, 0.717) is 0 Å². The van der Waals surface area contributed by atoms with E-state index < -0.39 is 11.5 Å². The van der Waals surface area contributed by atoms with Gasteiger partial charge in [0, 0.05) is 6.20 Å². The maximum absolute atomic E-state index is 11.2. The minimum absolute atomic E-state index is 0.0208. The fraction of sp³-hybridized carbons (Fsp3) is 0.125. The number of rotatable bonds is 2. The van der Waals surface area contributed by atoms with E-state index in [9.17, 15) is 9.59 Å². The topological polar surface area (TPSA) is 72.2 Å². The number of aromatic carboxylic acids is 1. The Morgan fingerprint density at radius 2 is 2.46 bits per heavy atom. The van der Waals surface area contributed by atoms with E-state index in [2.05, 4.69) is 10.9 Å². The van der Waals surface area contributed by atoms with Crippen molar-refractivity contribution in [3.05, 3.63) is 28.4 Å². The van der Waals surface area contributed by atoms with Gasteiger partial charge in [0.2, 0.25) is 0 Å². The summed E-state index contributed by atoms with van der Waals surface area (Å²) in [4.78, 5) is 25.3. The lowest BCUT2D eigenvalue weighted by molar-refractivity contribution is 0.0693.